The molecule has 44 heavy (non-hydrogen) atoms. The number of hydrogen-bond acceptors (Lipinski definition) is 6. The first kappa shape index (κ1) is 30.0. The molecule has 1 amide bonds. The zero-order valence-corrected chi connectivity index (χ0v) is 24.8. The molecule has 1 saturated carbocycles. The number of carbonyl (C=O) groups excluding carboxylic acids is 1. The van der Waals surface area contributed by atoms with E-state index in [1.54, 1.807) is 4.57 Å². The van der Waals surface area contributed by atoms with Crippen LogP contribution in [0.25, 0.3) is 22.2 Å². The summed E-state index contributed by atoms with van der Waals surface area (Å²) in [5.41, 5.74) is -0.226. The molecule has 1 aliphatic carbocycles. The van der Waals surface area contributed by atoms with Crippen molar-refractivity contribution in [2.75, 3.05) is 18.6 Å². The summed E-state index contributed by atoms with van der Waals surface area (Å²) in [6.45, 7) is 0. The summed E-state index contributed by atoms with van der Waals surface area (Å²) in [6, 6.07) is 8.27. The number of benzene rings is 2. The quantitative estimate of drug-likeness (QED) is 0.299. The van der Waals surface area contributed by atoms with Crippen LogP contribution in [-0.4, -0.2) is 44.7 Å². The number of nitrogens with zero attached hydrogens (tertiary/aromatic N) is 3. The number of thioether (sulfide) groups is 1. The standard InChI is InChI=1S/C32H31F3N4O4S/c1-43-28-9-3-19(33)15-25(28)18-2-8-24(27(35)14-18)30(40)37-21-4-6-22(7-5-21)39-31(41)26-16-20(34)17-36-29(26)38(32(39)42)23-10-12-44-13-11-23/h2-3,8-9,14-17,21-23H,4-7,10-13H2,1H3,(H,37,40). The number of fused-ring (bicyclic) bond motifs is 1. The third kappa shape index (κ3) is 5.74. The van der Waals surface area contributed by atoms with E-state index < -0.39 is 40.6 Å². The Morgan fingerprint density at radius 3 is 2.34 bits per heavy atom. The predicted molar refractivity (Wildman–Crippen MR) is 163 cm³/mol. The number of methoxy groups -OCH3 is 1. The van der Waals surface area contributed by atoms with Gasteiger partial charge in [0, 0.05) is 23.7 Å². The second kappa shape index (κ2) is 12.5. The summed E-state index contributed by atoms with van der Waals surface area (Å²) in [7, 11) is 1.43. The largest absolute Gasteiger partial charge is 0.496 e. The predicted octanol–water partition coefficient (Wildman–Crippen LogP) is 5.63. The number of amides is 1. The minimum Gasteiger partial charge on any atom is -0.496 e. The lowest BCUT2D eigenvalue weighted by molar-refractivity contribution is 0.0917. The van der Waals surface area contributed by atoms with Crippen molar-refractivity contribution < 1.29 is 22.7 Å². The van der Waals surface area contributed by atoms with Crippen molar-refractivity contribution >= 4 is 28.7 Å². The molecule has 2 fully saturated rings. The van der Waals surface area contributed by atoms with E-state index in [2.05, 4.69) is 10.3 Å². The van der Waals surface area contributed by atoms with Gasteiger partial charge in [0.1, 0.15) is 28.8 Å². The third-order valence-corrected chi connectivity index (χ3v) is 9.61. The SMILES string of the molecule is COc1ccc(F)cc1-c1ccc(C(=O)NC2CCC(n3c(=O)c4cc(F)cnc4n(C4CCSCC4)c3=O)CC2)c(F)c1. The zero-order valence-electron chi connectivity index (χ0n) is 24.0. The van der Waals surface area contributed by atoms with Crippen LogP contribution in [0.3, 0.4) is 0 Å². The maximum Gasteiger partial charge on any atom is 0.333 e. The molecule has 0 radical (unpaired) electrons. The molecule has 4 aromatic rings. The van der Waals surface area contributed by atoms with Gasteiger partial charge in [-0.3, -0.25) is 18.7 Å². The Hall–Kier alpha value is -4.06. The fraction of sp³-hybridized carbons (Fsp3) is 0.375. The van der Waals surface area contributed by atoms with Gasteiger partial charge in [0.05, 0.1) is 24.3 Å². The van der Waals surface area contributed by atoms with Crippen LogP contribution in [0, 0.1) is 17.5 Å². The first-order valence-electron chi connectivity index (χ1n) is 14.6. The van der Waals surface area contributed by atoms with Crippen molar-refractivity contribution in [3.8, 4) is 16.9 Å². The average Bonchev–Trinajstić information content (AvgIpc) is 3.02. The molecular formula is C32H31F3N4O4S. The monoisotopic (exact) mass is 624 g/mol. The summed E-state index contributed by atoms with van der Waals surface area (Å²) < 4.78 is 51.2. The van der Waals surface area contributed by atoms with E-state index in [4.69, 9.17) is 4.74 Å². The molecule has 0 unspecified atom stereocenters. The van der Waals surface area contributed by atoms with E-state index in [1.165, 1.54) is 48.1 Å². The van der Waals surface area contributed by atoms with Crippen LogP contribution < -0.4 is 21.3 Å². The third-order valence-electron chi connectivity index (χ3n) is 8.56. The average molecular weight is 625 g/mol. The minimum absolute atomic E-state index is 0.0769. The molecule has 1 N–H and O–H groups in total. The fourth-order valence-electron chi connectivity index (χ4n) is 6.31. The highest BCUT2D eigenvalue weighted by Gasteiger charge is 2.30. The second-order valence-electron chi connectivity index (χ2n) is 11.2. The molecule has 230 valence electrons. The topological polar surface area (TPSA) is 95.2 Å². The minimum atomic E-state index is -0.759. The van der Waals surface area contributed by atoms with Crippen molar-refractivity contribution in [1.29, 1.82) is 0 Å². The van der Waals surface area contributed by atoms with Crippen LogP contribution in [0.1, 0.15) is 61.0 Å². The smallest absolute Gasteiger partial charge is 0.333 e. The lowest BCUT2D eigenvalue weighted by Gasteiger charge is -2.31. The van der Waals surface area contributed by atoms with Gasteiger partial charge in [-0.25, -0.2) is 22.9 Å². The van der Waals surface area contributed by atoms with Crippen LogP contribution in [0.15, 0.2) is 58.3 Å². The highest BCUT2D eigenvalue weighted by Crippen LogP contribution is 2.33. The number of hydrogen-bond donors (Lipinski definition) is 1. The van der Waals surface area contributed by atoms with Gasteiger partial charge in [0.15, 0.2) is 0 Å². The van der Waals surface area contributed by atoms with Gasteiger partial charge in [0.25, 0.3) is 11.5 Å². The Morgan fingerprint density at radius 1 is 0.909 bits per heavy atom. The maximum atomic E-state index is 15.1. The Labute approximate surface area is 255 Å². The van der Waals surface area contributed by atoms with E-state index in [0.717, 1.165) is 36.6 Å². The molecule has 2 aromatic carbocycles. The van der Waals surface area contributed by atoms with Crippen molar-refractivity contribution in [3.63, 3.8) is 0 Å². The number of rotatable bonds is 6. The Kier molecular flexibility index (Phi) is 8.53. The lowest BCUT2D eigenvalue weighted by Crippen LogP contribution is -2.46. The van der Waals surface area contributed by atoms with Crippen LogP contribution in [0.2, 0.25) is 0 Å². The number of carbonyl (C=O) groups is 1. The Bertz CT molecular complexity index is 1850. The van der Waals surface area contributed by atoms with Crippen LogP contribution in [0.4, 0.5) is 13.2 Å². The number of halogens is 3. The summed E-state index contributed by atoms with van der Waals surface area (Å²) in [5, 5.41) is 2.95. The molecule has 2 aliphatic rings. The van der Waals surface area contributed by atoms with E-state index in [9.17, 15) is 23.2 Å². The van der Waals surface area contributed by atoms with Crippen molar-refractivity contribution in [1.82, 2.24) is 19.4 Å². The van der Waals surface area contributed by atoms with Crippen molar-refractivity contribution in [2.24, 2.45) is 0 Å². The molecule has 8 nitrogen and oxygen atoms in total. The number of ether oxygens (including phenoxy) is 1. The molecule has 1 aliphatic heterocycles. The first-order chi connectivity index (χ1) is 21.2. The maximum absolute atomic E-state index is 15.1. The van der Waals surface area contributed by atoms with Gasteiger partial charge in [-0.05, 0) is 92.0 Å². The Morgan fingerprint density at radius 2 is 1.64 bits per heavy atom. The molecule has 0 spiro atoms. The molecule has 6 rings (SSSR count). The summed E-state index contributed by atoms with van der Waals surface area (Å²) in [5.74, 6) is -0.363. The zero-order chi connectivity index (χ0) is 31.0. The van der Waals surface area contributed by atoms with Gasteiger partial charge in [-0.1, -0.05) is 6.07 Å². The van der Waals surface area contributed by atoms with Gasteiger partial charge >= 0.3 is 5.69 Å². The summed E-state index contributed by atoms with van der Waals surface area (Å²) in [6.07, 6.45) is 4.31. The van der Waals surface area contributed by atoms with Gasteiger partial charge in [-0.2, -0.15) is 11.8 Å². The highest BCUT2D eigenvalue weighted by atomic mass is 32.2. The van der Waals surface area contributed by atoms with E-state index in [0.29, 0.717) is 42.6 Å². The van der Waals surface area contributed by atoms with Crippen molar-refractivity contribution in [2.45, 2.75) is 56.7 Å². The van der Waals surface area contributed by atoms with Crippen molar-refractivity contribution in [3.05, 3.63) is 92.5 Å². The van der Waals surface area contributed by atoms with Gasteiger partial charge in [-0.15, -0.1) is 0 Å². The molecule has 12 heteroatoms. The molecule has 0 bridgehead atoms. The van der Waals surface area contributed by atoms with Crippen LogP contribution in [-0.2, 0) is 0 Å². The number of nitrogens with one attached hydrogen (secondary N) is 1. The Balaban J connectivity index is 1.20. The van der Waals surface area contributed by atoms with E-state index in [1.807, 2.05) is 11.8 Å². The van der Waals surface area contributed by atoms with Crippen LogP contribution in [0.5, 0.6) is 5.75 Å². The molecule has 3 heterocycles. The van der Waals surface area contributed by atoms with Gasteiger partial charge in [0.2, 0.25) is 0 Å². The lowest BCUT2D eigenvalue weighted by atomic mass is 9.90. The molecular weight excluding hydrogens is 593 g/mol. The normalized spacial score (nSPS) is 19.2. The summed E-state index contributed by atoms with van der Waals surface area (Å²) >= 11 is 1.81. The number of pyridine rings is 1. The first-order valence-corrected chi connectivity index (χ1v) is 15.7. The molecule has 0 atom stereocenters. The molecule has 2 aromatic heterocycles. The van der Waals surface area contributed by atoms with Crippen LogP contribution >= 0.6 is 11.8 Å². The second-order valence-corrected chi connectivity index (χ2v) is 12.4. The van der Waals surface area contributed by atoms with E-state index in [-0.39, 0.29) is 28.7 Å². The van der Waals surface area contributed by atoms with Gasteiger partial charge < -0.3 is 10.1 Å². The molecule has 1 saturated heterocycles. The number of aromatic nitrogens is 3. The highest BCUT2D eigenvalue weighted by molar-refractivity contribution is 7.99. The fourth-order valence-corrected chi connectivity index (χ4v) is 7.39. The van der Waals surface area contributed by atoms with E-state index >= 15 is 4.39 Å². The summed E-state index contributed by atoms with van der Waals surface area (Å²) in [4.78, 5) is 44.5.